The van der Waals surface area contributed by atoms with Crippen LogP contribution in [0.15, 0.2) is 24.3 Å². The summed E-state index contributed by atoms with van der Waals surface area (Å²) >= 11 is 1.30. The summed E-state index contributed by atoms with van der Waals surface area (Å²) in [4.78, 5) is 11.7. The number of hydrogen-bond donors (Lipinski definition) is 1. The van der Waals surface area contributed by atoms with E-state index < -0.39 is 21.6 Å². The molecule has 1 aliphatic rings. The van der Waals surface area contributed by atoms with Crippen molar-refractivity contribution >= 4 is 27.5 Å². The normalized spacial score (nSPS) is 20.4. The molecular formula is C14H16F3NO3S2. The molecule has 1 unspecified atom stereocenters. The molecule has 1 N–H and O–H groups in total. The van der Waals surface area contributed by atoms with Crippen LogP contribution in [-0.4, -0.2) is 36.8 Å². The molecule has 1 saturated heterocycles. The number of amides is 1. The van der Waals surface area contributed by atoms with Gasteiger partial charge >= 0.3 is 6.18 Å². The quantitative estimate of drug-likeness (QED) is 0.867. The monoisotopic (exact) mass is 367 g/mol. The Hall–Kier alpha value is -1.22. The van der Waals surface area contributed by atoms with E-state index in [4.69, 9.17) is 0 Å². The topological polar surface area (TPSA) is 63.2 Å². The number of carbonyl (C=O) groups excluding carboxylic acids is 1. The van der Waals surface area contributed by atoms with E-state index >= 15 is 0 Å². The van der Waals surface area contributed by atoms with Crippen LogP contribution in [0.25, 0.3) is 0 Å². The van der Waals surface area contributed by atoms with Crippen LogP contribution >= 0.6 is 11.8 Å². The molecule has 1 aliphatic heterocycles. The van der Waals surface area contributed by atoms with Crippen molar-refractivity contribution in [2.75, 3.05) is 17.3 Å². The fourth-order valence-corrected chi connectivity index (χ4v) is 5.62. The van der Waals surface area contributed by atoms with E-state index in [0.717, 1.165) is 12.1 Å². The van der Waals surface area contributed by atoms with Crippen LogP contribution in [0.1, 0.15) is 17.5 Å². The van der Waals surface area contributed by atoms with Gasteiger partial charge in [0, 0.05) is 11.8 Å². The maximum Gasteiger partial charge on any atom is 0.416 e. The van der Waals surface area contributed by atoms with Crippen molar-refractivity contribution in [1.82, 2.24) is 5.32 Å². The molecule has 128 valence electrons. The Morgan fingerprint density at radius 3 is 2.43 bits per heavy atom. The Bertz CT molecular complexity index is 657. The predicted molar refractivity (Wildman–Crippen MR) is 82.8 cm³/mol. The summed E-state index contributed by atoms with van der Waals surface area (Å²) in [5.41, 5.74) is -0.162. The second kappa shape index (κ2) is 7.12. The maximum absolute atomic E-state index is 12.4. The van der Waals surface area contributed by atoms with Gasteiger partial charge in [0.1, 0.15) is 0 Å². The second-order valence-corrected chi connectivity index (χ2v) is 8.82. The highest BCUT2D eigenvalue weighted by molar-refractivity contribution is 8.02. The smallest absolute Gasteiger partial charge is 0.351 e. The first kappa shape index (κ1) is 18.1. The van der Waals surface area contributed by atoms with Crippen LogP contribution in [0.2, 0.25) is 0 Å². The molecule has 23 heavy (non-hydrogen) atoms. The third kappa shape index (κ3) is 5.72. The van der Waals surface area contributed by atoms with Crippen LogP contribution in [0.5, 0.6) is 0 Å². The van der Waals surface area contributed by atoms with Crippen molar-refractivity contribution in [3.63, 3.8) is 0 Å². The van der Waals surface area contributed by atoms with E-state index in [-0.39, 0.29) is 35.0 Å². The Morgan fingerprint density at radius 2 is 1.91 bits per heavy atom. The zero-order valence-electron chi connectivity index (χ0n) is 12.1. The lowest BCUT2D eigenvalue weighted by molar-refractivity contribution is -0.137. The van der Waals surface area contributed by atoms with Gasteiger partial charge in [0.05, 0.1) is 22.8 Å². The number of hydrogen-bond acceptors (Lipinski definition) is 4. The zero-order valence-corrected chi connectivity index (χ0v) is 13.7. The Morgan fingerprint density at radius 1 is 1.26 bits per heavy atom. The first-order valence-corrected chi connectivity index (χ1v) is 9.77. The van der Waals surface area contributed by atoms with Gasteiger partial charge in [-0.3, -0.25) is 4.79 Å². The Labute approximate surface area is 136 Å². The maximum atomic E-state index is 12.4. The molecule has 1 heterocycles. The molecule has 1 atom stereocenters. The number of sulfone groups is 1. The number of halogens is 3. The van der Waals surface area contributed by atoms with E-state index in [1.807, 2.05) is 0 Å². The minimum absolute atomic E-state index is 0.0585. The molecule has 1 aromatic carbocycles. The first-order chi connectivity index (χ1) is 10.7. The van der Waals surface area contributed by atoms with Crippen LogP contribution in [-0.2, 0) is 27.4 Å². The Kier molecular flexibility index (Phi) is 5.61. The fraction of sp³-hybridized carbons (Fsp3) is 0.500. The van der Waals surface area contributed by atoms with Crippen LogP contribution < -0.4 is 5.32 Å². The minimum Gasteiger partial charge on any atom is -0.351 e. The van der Waals surface area contributed by atoms with Crippen molar-refractivity contribution < 1.29 is 26.4 Å². The summed E-state index contributed by atoms with van der Waals surface area (Å²) in [7, 11) is -2.96. The molecule has 9 heteroatoms. The highest BCUT2D eigenvalue weighted by Crippen LogP contribution is 2.29. The van der Waals surface area contributed by atoms with Gasteiger partial charge in [-0.1, -0.05) is 12.1 Å². The molecule has 0 spiro atoms. The second-order valence-electron chi connectivity index (χ2n) is 5.31. The minimum atomic E-state index is -4.37. The van der Waals surface area contributed by atoms with E-state index in [1.165, 1.54) is 23.9 Å². The molecule has 1 fully saturated rings. The van der Waals surface area contributed by atoms with E-state index in [2.05, 4.69) is 5.32 Å². The average molecular weight is 367 g/mol. The van der Waals surface area contributed by atoms with Crippen LogP contribution in [0, 0.1) is 0 Å². The third-order valence-corrected chi connectivity index (χ3v) is 6.69. The van der Waals surface area contributed by atoms with E-state index in [1.54, 1.807) is 0 Å². The average Bonchev–Trinajstić information content (AvgIpc) is 2.82. The molecule has 0 saturated carbocycles. The first-order valence-electron chi connectivity index (χ1n) is 6.90. The standard InChI is InChI=1S/C14H16F3NO3S2/c15-14(16,17)11-3-1-10(2-4-11)7-18-13(19)8-22-12-5-6-23(20,21)9-12/h1-4,12H,5-9H2,(H,18,19). The van der Waals surface area contributed by atoms with Gasteiger partial charge in [0.2, 0.25) is 5.91 Å². The number of rotatable bonds is 5. The molecule has 0 radical (unpaired) electrons. The summed E-state index contributed by atoms with van der Waals surface area (Å²) in [6.07, 6.45) is -3.82. The molecular weight excluding hydrogens is 351 g/mol. The van der Waals surface area contributed by atoms with Gasteiger partial charge in [-0.25, -0.2) is 8.42 Å². The largest absolute Gasteiger partial charge is 0.416 e. The lowest BCUT2D eigenvalue weighted by Gasteiger charge is -2.10. The molecule has 2 rings (SSSR count). The molecule has 1 amide bonds. The van der Waals surface area contributed by atoms with Crippen LogP contribution in [0.3, 0.4) is 0 Å². The van der Waals surface area contributed by atoms with Gasteiger partial charge < -0.3 is 5.32 Å². The van der Waals surface area contributed by atoms with Crippen molar-refractivity contribution in [2.24, 2.45) is 0 Å². The van der Waals surface area contributed by atoms with Crippen LogP contribution in [0.4, 0.5) is 13.2 Å². The lowest BCUT2D eigenvalue weighted by atomic mass is 10.1. The summed E-state index contributed by atoms with van der Waals surface area (Å²) in [5.74, 6) is 0.141. The highest BCUT2D eigenvalue weighted by Gasteiger charge is 2.30. The van der Waals surface area contributed by atoms with Gasteiger partial charge in [0.25, 0.3) is 0 Å². The molecule has 0 bridgehead atoms. The summed E-state index contributed by atoms with van der Waals surface area (Å²) in [6.45, 7) is 0.139. The van der Waals surface area contributed by atoms with Gasteiger partial charge in [0.15, 0.2) is 9.84 Å². The van der Waals surface area contributed by atoms with Gasteiger partial charge in [-0.15, -0.1) is 11.8 Å². The van der Waals surface area contributed by atoms with Gasteiger partial charge in [-0.05, 0) is 24.1 Å². The van der Waals surface area contributed by atoms with Crippen molar-refractivity contribution in [2.45, 2.75) is 24.4 Å². The highest BCUT2D eigenvalue weighted by atomic mass is 32.2. The van der Waals surface area contributed by atoms with Gasteiger partial charge in [-0.2, -0.15) is 13.2 Å². The number of nitrogens with one attached hydrogen (secondary N) is 1. The number of benzene rings is 1. The van der Waals surface area contributed by atoms with Crippen molar-refractivity contribution in [3.8, 4) is 0 Å². The SMILES string of the molecule is O=C(CSC1CCS(=O)(=O)C1)NCc1ccc(C(F)(F)F)cc1. The molecule has 4 nitrogen and oxygen atoms in total. The molecule has 0 aromatic heterocycles. The van der Waals surface area contributed by atoms with E-state index in [9.17, 15) is 26.4 Å². The number of alkyl halides is 3. The zero-order chi connectivity index (χ0) is 17.1. The fourth-order valence-electron chi connectivity index (χ4n) is 2.15. The number of carbonyl (C=O) groups is 1. The van der Waals surface area contributed by atoms with Crippen molar-refractivity contribution in [3.05, 3.63) is 35.4 Å². The lowest BCUT2D eigenvalue weighted by Crippen LogP contribution is -2.25. The van der Waals surface area contributed by atoms with E-state index in [0.29, 0.717) is 12.0 Å². The third-order valence-electron chi connectivity index (χ3n) is 3.41. The molecule has 0 aliphatic carbocycles. The summed E-state index contributed by atoms with van der Waals surface area (Å²) in [5, 5.41) is 2.55. The van der Waals surface area contributed by atoms with Crippen molar-refractivity contribution in [1.29, 1.82) is 0 Å². The summed E-state index contributed by atoms with van der Waals surface area (Å²) < 4.78 is 59.9. The Balaban J connectivity index is 1.74. The molecule has 1 aromatic rings. The summed E-state index contributed by atoms with van der Waals surface area (Å²) in [6, 6.07) is 4.58. The number of thioether (sulfide) groups is 1. The predicted octanol–water partition coefficient (Wildman–Crippen LogP) is 2.24.